The van der Waals surface area contributed by atoms with Crippen molar-refractivity contribution < 1.29 is 13.2 Å². The molecule has 2 N–H and O–H groups in total. The van der Waals surface area contributed by atoms with Crippen molar-refractivity contribution in [2.75, 3.05) is 0 Å². The lowest BCUT2D eigenvalue weighted by atomic mass is 10.1. The molecule has 1 atom stereocenters. The van der Waals surface area contributed by atoms with Crippen LogP contribution in [0, 0.1) is 0 Å². The lowest BCUT2D eigenvalue weighted by molar-refractivity contribution is -0.141. The molecule has 5 nitrogen and oxygen atoms in total. The third-order valence-corrected chi connectivity index (χ3v) is 2.33. The first-order valence-electron chi connectivity index (χ1n) is 5.56. The van der Waals surface area contributed by atoms with Gasteiger partial charge in [-0.1, -0.05) is 0 Å². The summed E-state index contributed by atoms with van der Waals surface area (Å²) in [5, 5.41) is 3.38. The highest BCUT2D eigenvalue weighted by Gasteiger charge is 2.33. The Morgan fingerprint density at radius 2 is 1.95 bits per heavy atom. The van der Waals surface area contributed by atoms with Gasteiger partial charge in [0.15, 0.2) is 5.69 Å². The van der Waals surface area contributed by atoms with Crippen molar-refractivity contribution in [3.05, 3.63) is 35.9 Å². The van der Waals surface area contributed by atoms with E-state index in [2.05, 4.69) is 15.1 Å². The van der Waals surface area contributed by atoms with Crippen molar-refractivity contribution in [1.29, 1.82) is 0 Å². The number of rotatable bonds is 3. The van der Waals surface area contributed by atoms with E-state index < -0.39 is 11.9 Å². The second-order valence-electron chi connectivity index (χ2n) is 4.22. The van der Waals surface area contributed by atoms with Crippen LogP contribution in [0.3, 0.4) is 0 Å². The molecule has 0 amide bonds. The number of hydrogen-bond acceptors (Lipinski definition) is 4. The van der Waals surface area contributed by atoms with E-state index in [-0.39, 0.29) is 12.0 Å². The summed E-state index contributed by atoms with van der Waals surface area (Å²) in [6.45, 7) is 1.84. The molecule has 0 spiro atoms. The largest absolute Gasteiger partial charge is 0.435 e. The van der Waals surface area contributed by atoms with Crippen molar-refractivity contribution in [3.63, 3.8) is 0 Å². The van der Waals surface area contributed by atoms with E-state index in [1.165, 1.54) is 18.6 Å². The predicted octanol–water partition coefficient (Wildman–Crippen LogP) is 1.57. The number of nitrogens with zero attached hydrogens (tertiary/aromatic N) is 4. The average Bonchev–Trinajstić information content (AvgIpc) is 2.78. The van der Waals surface area contributed by atoms with Gasteiger partial charge in [0.25, 0.3) is 0 Å². The van der Waals surface area contributed by atoms with Gasteiger partial charge >= 0.3 is 6.18 Å². The van der Waals surface area contributed by atoms with Gasteiger partial charge in [-0.15, -0.1) is 0 Å². The second-order valence-corrected chi connectivity index (χ2v) is 4.22. The third kappa shape index (κ3) is 3.28. The first kappa shape index (κ1) is 13.5. The fraction of sp³-hybridized carbons (Fsp3) is 0.364. The van der Waals surface area contributed by atoms with Crippen LogP contribution < -0.4 is 5.73 Å². The van der Waals surface area contributed by atoms with Gasteiger partial charge < -0.3 is 5.73 Å². The molecule has 1 unspecified atom stereocenters. The van der Waals surface area contributed by atoms with Crippen LogP contribution in [-0.4, -0.2) is 25.8 Å². The Kier molecular flexibility index (Phi) is 3.52. The average molecular weight is 271 g/mol. The molecule has 0 aromatic carbocycles. The van der Waals surface area contributed by atoms with Gasteiger partial charge in [0.2, 0.25) is 5.95 Å². The molecular weight excluding hydrogens is 259 g/mol. The van der Waals surface area contributed by atoms with E-state index in [9.17, 15) is 13.2 Å². The number of aromatic nitrogens is 4. The molecule has 0 aliphatic heterocycles. The van der Waals surface area contributed by atoms with Crippen molar-refractivity contribution in [2.24, 2.45) is 5.73 Å². The van der Waals surface area contributed by atoms with Crippen LogP contribution in [0.5, 0.6) is 0 Å². The van der Waals surface area contributed by atoms with Gasteiger partial charge in [-0.2, -0.15) is 18.3 Å². The van der Waals surface area contributed by atoms with Crippen LogP contribution >= 0.6 is 0 Å². The summed E-state index contributed by atoms with van der Waals surface area (Å²) < 4.78 is 38.2. The van der Waals surface area contributed by atoms with E-state index in [4.69, 9.17) is 5.73 Å². The highest BCUT2D eigenvalue weighted by Crippen LogP contribution is 2.27. The van der Waals surface area contributed by atoms with E-state index in [1.807, 2.05) is 6.92 Å². The minimum Gasteiger partial charge on any atom is -0.328 e. The van der Waals surface area contributed by atoms with Crippen LogP contribution in [0.4, 0.5) is 13.2 Å². The summed E-state index contributed by atoms with van der Waals surface area (Å²) >= 11 is 0. The van der Waals surface area contributed by atoms with Crippen molar-refractivity contribution >= 4 is 0 Å². The molecule has 0 bridgehead atoms. The fourth-order valence-electron chi connectivity index (χ4n) is 1.53. The Morgan fingerprint density at radius 1 is 1.32 bits per heavy atom. The molecule has 102 valence electrons. The lowest BCUT2D eigenvalue weighted by Crippen LogP contribution is -2.18. The summed E-state index contributed by atoms with van der Waals surface area (Å²) in [6.07, 6.45) is 0.359. The summed E-state index contributed by atoms with van der Waals surface area (Å²) in [5.74, 6) is 0.0870. The molecule has 19 heavy (non-hydrogen) atoms. The normalized spacial score (nSPS) is 13.5. The predicted molar refractivity (Wildman–Crippen MR) is 61.5 cm³/mol. The quantitative estimate of drug-likeness (QED) is 0.920. The Balaban J connectivity index is 2.20. The minimum absolute atomic E-state index is 0.0315. The zero-order valence-electron chi connectivity index (χ0n) is 10.1. The molecule has 2 aromatic rings. The van der Waals surface area contributed by atoms with Gasteiger partial charge in [-0.3, -0.25) is 0 Å². The molecule has 8 heteroatoms. The number of nitrogens with two attached hydrogens (primary N) is 1. The van der Waals surface area contributed by atoms with Gasteiger partial charge in [0.1, 0.15) is 0 Å². The van der Waals surface area contributed by atoms with Crippen molar-refractivity contribution in [1.82, 2.24) is 19.7 Å². The molecule has 2 aromatic heterocycles. The molecule has 2 heterocycles. The van der Waals surface area contributed by atoms with Gasteiger partial charge in [-0.25, -0.2) is 14.6 Å². The molecule has 0 fully saturated rings. The maximum absolute atomic E-state index is 12.4. The zero-order chi connectivity index (χ0) is 14.0. The minimum atomic E-state index is -4.47. The first-order chi connectivity index (χ1) is 8.86. The number of halogens is 3. The van der Waals surface area contributed by atoms with Gasteiger partial charge in [0, 0.05) is 24.6 Å². The summed E-state index contributed by atoms with van der Waals surface area (Å²) in [6, 6.07) is 0.843. The molecule has 0 aliphatic carbocycles. The van der Waals surface area contributed by atoms with Crippen LogP contribution in [0.25, 0.3) is 5.95 Å². The second kappa shape index (κ2) is 4.96. The van der Waals surface area contributed by atoms with Gasteiger partial charge in [0.05, 0.1) is 0 Å². The zero-order valence-corrected chi connectivity index (χ0v) is 10.1. The molecule has 0 radical (unpaired) electrons. The van der Waals surface area contributed by atoms with Crippen molar-refractivity contribution in [2.45, 2.75) is 25.6 Å². The van der Waals surface area contributed by atoms with Crippen LogP contribution in [0.2, 0.25) is 0 Å². The highest BCUT2D eigenvalue weighted by molar-refractivity contribution is 5.16. The van der Waals surface area contributed by atoms with E-state index >= 15 is 0 Å². The molecule has 0 saturated heterocycles. The fourth-order valence-corrected chi connectivity index (χ4v) is 1.53. The van der Waals surface area contributed by atoms with E-state index in [0.717, 1.165) is 16.3 Å². The third-order valence-electron chi connectivity index (χ3n) is 2.33. The maximum Gasteiger partial charge on any atom is 0.435 e. The Labute approximate surface area is 107 Å². The SMILES string of the molecule is CC(N)Cc1cnc(-n2ccc(C(F)(F)F)n2)nc1. The maximum atomic E-state index is 12.4. The standard InChI is InChI=1S/C11H12F3N5/c1-7(15)4-8-5-16-10(17-6-8)19-3-2-9(18-19)11(12,13)14/h2-3,5-7H,4,15H2,1H3. The Morgan fingerprint density at radius 3 is 2.42 bits per heavy atom. The van der Waals surface area contributed by atoms with E-state index in [1.54, 1.807) is 0 Å². The lowest BCUT2D eigenvalue weighted by Gasteiger charge is -2.05. The van der Waals surface area contributed by atoms with Crippen LogP contribution in [-0.2, 0) is 12.6 Å². The summed E-state index contributed by atoms with van der Waals surface area (Å²) in [7, 11) is 0. The van der Waals surface area contributed by atoms with Gasteiger partial charge in [-0.05, 0) is 25.0 Å². The number of alkyl halides is 3. The molecule has 0 saturated carbocycles. The molecule has 2 rings (SSSR count). The Bertz CT molecular complexity index is 544. The van der Waals surface area contributed by atoms with E-state index in [0.29, 0.717) is 6.42 Å². The Hall–Kier alpha value is -1.96. The molecular formula is C11H12F3N5. The van der Waals surface area contributed by atoms with Crippen molar-refractivity contribution in [3.8, 4) is 5.95 Å². The summed E-state index contributed by atoms with van der Waals surface area (Å²) in [5.41, 5.74) is 5.47. The molecule has 0 aliphatic rings. The highest BCUT2D eigenvalue weighted by atomic mass is 19.4. The summed E-state index contributed by atoms with van der Waals surface area (Å²) in [4.78, 5) is 7.93. The van der Waals surface area contributed by atoms with Crippen LogP contribution in [0.1, 0.15) is 18.2 Å². The van der Waals surface area contributed by atoms with Crippen LogP contribution in [0.15, 0.2) is 24.7 Å². The smallest absolute Gasteiger partial charge is 0.328 e. The first-order valence-corrected chi connectivity index (χ1v) is 5.56. The number of hydrogen-bond donors (Lipinski definition) is 1. The monoisotopic (exact) mass is 271 g/mol. The topological polar surface area (TPSA) is 69.6 Å².